The van der Waals surface area contributed by atoms with Crippen molar-refractivity contribution in [2.75, 3.05) is 18.2 Å². The molecule has 2 bridgehead atoms. The van der Waals surface area contributed by atoms with Crippen molar-refractivity contribution in [2.45, 2.75) is 50.2 Å². The summed E-state index contributed by atoms with van der Waals surface area (Å²) in [7, 11) is -1.14. The molecule has 2 aliphatic rings. The number of anilines is 1. The van der Waals surface area contributed by atoms with Crippen molar-refractivity contribution in [3.8, 4) is 17.0 Å². The Bertz CT molecular complexity index is 1020. The number of phenols is 1. The fourth-order valence-corrected chi connectivity index (χ4v) is 4.87. The van der Waals surface area contributed by atoms with E-state index in [1.54, 1.807) is 12.1 Å². The lowest BCUT2D eigenvalue weighted by Gasteiger charge is -2.43. The van der Waals surface area contributed by atoms with E-state index in [9.17, 15) is 13.5 Å². The van der Waals surface area contributed by atoms with E-state index in [1.807, 2.05) is 12.1 Å². The number of phenolic OH excluding ortho intramolecular Hbond substituents is 1. The molecule has 2 aromatic rings. The molecule has 2 fully saturated rings. The summed E-state index contributed by atoms with van der Waals surface area (Å²) in [4.78, 5) is 2.22. The number of sulfone groups is 1. The van der Waals surface area contributed by atoms with Crippen molar-refractivity contribution in [2.24, 2.45) is 0 Å². The molecule has 7 nitrogen and oxygen atoms in total. The summed E-state index contributed by atoms with van der Waals surface area (Å²) < 4.78 is 22.5. The van der Waals surface area contributed by atoms with E-state index in [2.05, 4.69) is 27.5 Å². The molecule has 0 spiro atoms. The number of hydrogen-bond acceptors (Lipinski definition) is 7. The molecule has 2 N–H and O–H groups in total. The molecular formula is C22H28N4O3S. The number of aromatic nitrogens is 2. The summed E-state index contributed by atoms with van der Waals surface area (Å²) in [6.07, 6.45) is 8.65. The summed E-state index contributed by atoms with van der Waals surface area (Å²) in [6, 6.07) is 10.4. The van der Waals surface area contributed by atoms with Gasteiger partial charge in [-0.2, -0.15) is 0 Å². The monoisotopic (exact) mass is 428 g/mol. The molecular weight excluding hydrogens is 400 g/mol. The summed E-state index contributed by atoms with van der Waals surface area (Å²) in [5.74, 6) is 0.864. The SMILES string of the molecule is CN(c1ccc(-c2ccc(/C=C/S(C)(=O)=O)cc2O)nn1)[C@@H]1C[C@H]2CCC[C@@H](C1)N2. The van der Waals surface area contributed by atoms with Crippen LogP contribution in [0.5, 0.6) is 5.75 Å². The maximum atomic E-state index is 11.3. The van der Waals surface area contributed by atoms with Gasteiger partial charge < -0.3 is 15.3 Å². The smallest absolute Gasteiger partial charge is 0.168 e. The van der Waals surface area contributed by atoms with Gasteiger partial charge in [-0.3, -0.25) is 0 Å². The third kappa shape index (κ3) is 4.82. The van der Waals surface area contributed by atoms with Gasteiger partial charge in [-0.05, 0) is 61.6 Å². The molecule has 8 heteroatoms. The van der Waals surface area contributed by atoms with Gasteiger partial charge in [0, 0.05) is 42.4 Å². The van der Waals surface area contributed by atoms with Crippen LogP contribution < -0.4 is 10.2 Å². The molecule has 3 heterocycles. The number of rotatable bonds is 5. The number of hydrogen-bond donors (Lipinski definition) is 2. The molecule has 2 aliphatic heterocycles. The lowest BCUT2D eigenvalue weighted by atomic mass is 9.83. The number of benzene rings is 1. The molecule has 1 aromatic carbocycles. The van der Waals surface area contributed by atoms with Gasteiger partial charge in [0.2, 0.25) is 0 Å². The highest BCUT2D eigenvalue weighted by atomic mass is 32.2. The van der Waals surface area contributed by atoms with Crippen LogP contribution in [-0.4, -0.2) is 55.2 Å². The second kappa shape index (κ2) is 8.35. The van der Waals surface area contributed by atoms with Gasteiger partial charge in [0.15, 0.2) is 15.7 Å². The molecule has 4 rings (SSSR count). The molecule has 0 unspecified atom stereocenters. The van der Waals surface area contributed by atoms with Crippen LogP contribution in [0.15, 0.2) is 35.7 Å². The minimum atomic E-state index is -3.22. The number of aromatic hydroxyl groups is 1. The summed E-state index contributed by atoms with van der Waals surface area (Å²) >= 11 is 0. The maximum absolute atomic E-state index is 11.3. The van der Waals surface area contributed by atoms with E-state index in [-0.39, 0.29) is 5.75 Å². The largest absolute Gasteiger partial charge is 0.507 e. The quantitative estimate of drug-likeness (QED) is 0.756. The van der Waals surface area contributed by atoms with Gasteiger partial charge in [0.1, 0.15) is 5.75 Å². The molecule has 0 radical (unpaired) electrons. The van der Waals surface area contributed by atoms with Crippen molar-refractivity contribution >= 4 is 21.7 Å². The van der Waals surface area contributed by atoms with E-state index < -0.39 is 9.84 Å². The first-order valence-corrected chi connectivity index (χ1v) is 12.3. The normalized spacial score (nSPS) is 24.1. The van der Waals surface area contributed by atoms with Crippen LogP contribution in [0, 0.1) is 0 Å². The van der Waals surface area contributed by atoms with Gasteiger partial charge in [0.25, 0.3) is 0 Å². The molecule has 2 saturated heterocycles. The molecule has 0 aliphatic carbocycles. The first-order chi connectivity index (χ1) is 14.3. The average Bonchev–Trinajstić information content (AvgIpc) is 2.71. The molecule has 30 heavy (non-hydrogen) atoms. The second-order valence-electron chi connectivity index (χ2n) is 8.41. The Hall–Kier alpha value is -2.45. The van der Waals surface area contributed by atoms with E-state index in [0.29, 0.717) is 34.9 Å². The number of nitrogens with zero attached hydrogens (tertiary/aromatic N) is 3. The number of fused-ring (bicyclic) bond motifs is 2. The van der Waals surface area contributed by atoms with Gasteiger partial charge in [-0.25, -0.2) is 8.42 Å². The summed E-state index contributed by atoms with van der Waals surface area (Å²) in [6.45, 7) is 0. The van der Waals surface area contributed by atoms with Crippen molar-refractivity contribution in [3.63, 3.8) is 0 Å². The molecule has 0 saturated carbocycles. The standard InChI is InChI=1S/C22H28N4O3S/c1-26(18-13-16-4-3-5-17(14-18)23-16)22-9-8-20(24-25-22)19-7-6-15(12-21(19)27)10-11-30(2,28)29/h6-12,16-18,23,27H,3-5,13-14H2,1-2H3/b11-10+/t16-,17+,18-. The fourth-order valence-electron chi connectivity index (χ4n) is 4.47. The van der Waals surface area contributed by atoms with Gasteiger partial charge in [0.05, 0.1) is 5.69 Å². The topological polar surface area (TPSA) is 95.4 Å². The molecule has 160 valence electrons. The van der Waals surface area contributed by atoms with Crippen molar-refractivity contribution in [3.05, 3.63) is 41.3 Å². The summed E-state index contributed by atoms with van der Waals surface area (Å²) in [5, 5.41) is 23.9. The average molecular weight is 429 g/mol. The van der Waals surface area contributed by atoms with Gasteiger partial charge in [-0.1, -0.05) is 12.5 Å². The Morgan fingerprint density at radius 1 is 1.13 bits per heavy atom. The van der Waals surface area contributed by atoms with Gasteiger partial charge >= 0.3 is 0 Å². The van der Waals surface area contributed by atoms with E-state index >= 15 is 0 Å². The molecule has 1 aromatic heterocycles. The lowest BCUT2D eigenvalue weighted by Crippen LogP contribution is -2.54. The van der Waals surface area contributed by atoms with E-state index in [4.69, 9.17) is 0 Å². The zero-order valence-corrected chi connectivity index (χ0v) is 18.1. The first-order valence-electron chi connectivity index (χ1n) is 10.3. The maximum Gasteiger partial charge on any atom is 0.168 e. The highest BCUT2D eigenvalue weighted by Gasteiger charge is 2.33. The second-order valence-corrected chi connectivity index (χ2v) is 10.3. The minimum absolute atomic E-state index is 0.0345. The van der Waals surface area contributed by atoms with Crippen molar-refractivity contribution in [1.82, 2.24) is 15.5 Å². The van der Waals surface area contributed by atoms with Crippen LogP contribution >= 0.6 is 0 Å². The van der Waals surface area contributed by atoms with Crippen LogP contribution in [0.1, 0.15) is 37.7 Å². The van der Waals surface area contributed by atoms with Crippen LogP contribution in [0.4, 0.5) is 5.82 Å². The van der Waals surface area contributed by atoms with Crippen LogP contribution in [0.3, 0.4) is 0 Å². The number of piperidine rings is 2. The highest BCUT2D eigenvalue weighted by molar-refractivity contribution is 7.93. The Morgan fingerprint density at radius 3 is 2.47 bits per heavy atom. The fraction of sp³-hybridized carbons (Fsp3) is 0.455. The predicted octanol–water partition coefficient (Wildman–Crippen LogP) is 2.97. The van der Waals surface area contributed by atoms with Crippen molar-refractivity contribution in [1.29, 1.82) is 0 Å². The third-order valence-corrected chi connectivity index (χ3v) is 6.69. The zero-order chi connectivity index (χ0) is 21.3. The Balaban J connectivity index is 1.49. The predicted molar refractivity (Wildman–Crippen MR) is 119 cm³/mol. The Labute approximate surface area is 177 Å². The number of nitrogens with one attached hydrogen (secondary N) is 1. The Kier molecular flexibility index (Phi) is 5.79. The van der Waals surface area contributed by atoms with E-state index in [0.717, 1.165) is 30.3 Å². The summed E-state index contributed by atoms with van der Waals surface area (Å²) in [5.41, 5.74) is 1.73. The first kappa shape index (κ1) is 20.8. The van der Waals surface area contributed by atoms with E-state index in [1.165, 1.54) is 31.4 Å². The molecule has 3 atom stereocenters. The van der Waals surface area contributed by atoms with Crippen LogP contribution in [0.25, 0.3) is 17.3 Å². The highest BCUT2D eigenvalue weighted by Crippen LogP contribution is 2.32. The molecule has 0 amide bonds. The zero-order valence-electron chi connectivity index (χ0n) is 17.3. The minimum Gasteiger partial charge on any atom is -0.507 e. The van der Waals surface area contributed by atoms with Crippen LogP contribution in [0.2, 0.25) is 0 Å². The van der Waals surface area contributed by atoms with Crippen LogP contribution in [-0.2, 0) is 9.84 Å². The van der Waals surface area contributed by atoms with Gasteiger partial charge in [-0.15, -0.1) is 10.2 Å². The third-order valence-electron chi connectivity index (χ3n) is 6.05. The van der Waals surface area contributed by atoms with Crippen molar-refractivity contribution < 1.29 is 13.5 Å². The Morgan fingerprint density at radius 2 is 1.87 bits per heavy atom. The lowest BCUT2D eigenvalue weighted by molar-refractivity contribution is 0.219.